The minimum atomic E-state index is -0.197. The quantitative estimate of drug-likeness (QED) is 0.728. The first-order valence-corrected chi connectivity index (χ1v) is 7.30. The molecule has 1 heterocycles. The van der Waals surface area contributed by atoms with Crippen LogP contribution < -0.4 is 5.32 Å². The van der Waals surface area contributed by atoms with Crippen LogP contribution in [0.4, 0.5) is 5.69 Å². The molecule has 23 heavy (non-hydrogen) atoms. The molecule has 0 saturated heterocycles. The zero-order valence-electron chi connectivity index (χ0n) is 12.7. The van der Waals surface area contributed by atoms with Gasteiger partial charge in [0.2, 0.25) is 5.91 Å². The molecule has 0 fully saturated rings. The van der Waals surface area contributed by atoms with Gasteiger partial charge in [-0.2, -0.15) is 5.10 Å². The Balaban J connectivity index is 1.68. The molecule has 3 aromatic rings. The molecular weight excluding hydrogens is 290 g/mol. The van der Waals surface area contributed by atoms with Gasteiger partial charge in [0, 0.05) is 6.20 Å². The van der Waals surface area contributed by atoms with E-state index in [4.69, 9.17) is 0 Å². The van der Waals surface area contributed by atoms with Crippen LogP contribution in [0, 0.1) is 6.92 Å². The Morgan fingerprint density at radius 3 is 2.74 bits per heavy atom. The van der Waals surface area contributed by atoms with Gasteiger partial charge in [-0.05, 0) is 42.3 Å². The summed E-state index contributed by atoms with van der Waals surface area (Å²) in [5.74, 6) is -0.130. The van der Waals surface area contributed by atoms with Crippen LogP contribution in [0.25, 0.3) is 5.69 Å². The van der Waals surface area contributed by atoms with Gasteiger partial charge in [0.25, 0.3) is 0 Å². The fourth-order valence-electron chi connectivity index (χ4n) is 2.30. The second kappa shape index (κ2) is 6.36. The molecule has 0 bridgehead atoms. The minimum Gasteiger partial charge on any atom is -0.506 e. The van der Waals surface area contributed by atoms with Gasteiger partial charge in [0.05, 0.1) is 24.0 Å². The van der Waals surface area contributed by atoms with Crippen molar-refractivity contribution < 1.29 is 9.90 Å². The monoisotopic (exact) mass is 307 g/mol. The lowest BCUT2D eigenvalue weighted by Gasteiger charge is -2.07. The number of nitrogens with one attached hydrogen (secondary N) is 1. The molecular formula is C18H17N3O2. The van der Waals surface area contributed by atoms with E-state index in [9.17, 15) is 9.90 Å². The fourth-order valence-corrected chi connectivity index (χ4v) is 2.30. The van der Waals surface area contributed by atoms with Gasteiger partial charge in [0.15, 0.2) is 0 Å². The Hall–Kier alpha value is -3.08. The number of phenols is 1. The second-order valence-electron chi connectivity index (χ2n) is 5.37. The summed E-state index contributed by atoms with van der Waals surface area (Å²) >= 11 is 0. The van der Waals surface area contributed by atoms with Gasteiger partial charge in [-0.25, -0.2) is 4.68 Å². The highest BCUT2D eigenvalue weighted by atomic mass is 16.3. The average Bonchev–Trinajstić information content (AvgIpc) is 2.99. The maximum Gasteiger partial charge on any atom is 0.229 e. The normalized spacial score (nSPS) is 10.5. The highest BCUT2D eigenvalue weighted by molar-refractivity contribution is 5.93. The van der Waals surface area contributed by atoms with Gasteiger partial charge in [0.1, 0.15) is 5.75 Å². The number of hydrogen-bond acceptors (Lipinski definition) is 3. The number of aryl methyl sites for hydroxylation is 1. The van der Waals surface area contributed by atoms with Gasteiger partial charge < -0.3 is 10.4 Å². The van der Waals surface area contributed by atoms with E-state index >= 15 is 0 Å². The predicted octanol–water partition coefficient (Wildman–Crippen LogP) is 3.07. The third-order valence-corrected chi connectivity index (χ3v) is 3.45. The summed E-state index contributed by atoms with van der Waals surface area (Å²) < 4.78 is 1.73. The van der Waals surface area contributed by atoms with E-state index in [0.717, 1.165) is 16.8 Å². The van der Waals surface area contributed by atoms with Crippen molar-refractivity contribution in [3.05, 3.63) is 72.1 Å². The van der Waals surface area contributed by atoms with Crippen LogP contribution in [0.3, 0.4) is 0 Å². The van der Waals surface area contributed by atoms with Crippen molar-refractivity contribution in [1.82, 2.24) is 9.78 Å². The van der Waals surface area contributed by atoms with Crippen molar-refractivity contribution in [1.29, 1.82) is 0 Å². The van der Waals surface area contributed by atoms with Gasteiger partial charge in [-0.3, -0.25) is 4.79 Å². The maximum atomic E-state index is 12.1. The molecule has 0 aliphatic carbocycles. The van der Waals surface area contributed by atoms with Crippen LogP contribution in [-0.4, -0.2) is 20.8 Å². The molecule has 116 valence electrons. The Bertz CT molecular complexity index is 825. The lowest BCUT2D eigenvalue weighted by molar-refractivity contribution is -0.115. The number of para-hydroxylation sites is 1. The number of hydrogen-bond donors (Lipinski definition) is 2. The highest BCUT2D eigenvalue weighted by Gasteiger charge is 2.09. The summed E-state index contributed by atoms with van der Waals surface area (Å²) in [7, 11) is 0. The third kappa shape index (κ3) is 3.58. The van der Waals surface area contributed by atoms with Crippen molar-refractivity contribution in [2.75, 3.05) is 5.32 Å². The third-order valence-electron chi connectivity index (χ3n) is 3.45. The van der Waals surface area contributed by atoms with Gasteiger partial charge in [-0.15, -0.1) is 0 Å². The molecule has 2 N–H and O–H groups in total. The van der Waals surface area contributed by atoms with Crippen molar-refractivity contribution in [2.45, 2.75) is 13.3 Å². The van der Waals surface area contributed by atoms with Crippen LogP contribution in [0.5, 0.6) is 5.75 Å². The summed E-state index contributed by atoms with van der Waals surface area (Å²) in [6.07, 6.45) is 3.69. The molecule has 5 nitrogen and oxygen atoms in total. The van der Waals surface area contributed by atoms with Crippen LogP contribution in [0.2, 0.25) is 0 Å². The molecule has 2 aromatic carbocycles. The van der Waals surface area contributed by atoms with Gasteiger partial charge in [-0.1, -0.05) is 24.3 Å². The predicted molar refractivity (Wildman–Crippen MR) is 88.7 cm³/mol. The lowest BCUT2D eigenvalue weighted by atomic mass is 10.2. The van der Waals surface area contributed by atoms with Crippen molar-refractivity contribution in [2.24, 2.45) is 0 Å². The van der Waals surface area contributed by atoms with Gasteiger partial charge >= 0.3 is 0 Å². The Morgan fingerprint density at radius 1 is 1.22 bits per heavy atom. The van der Waals surface area contributed by atoms with E-state index in [-0.39, 0.29) is 18.1 Å². The first-order valence-electron chi connectivity index (χ1n) is 7.30. The van der Waals surface area contributed by atoms with E-state index in [1.165, 1.54) is 0 Å². The molecule has 0 saturated carbocycles. The van der Waals surface area contributed by atoms with Crippen molar-refractivity contribution in [3.8, 4) is 11.4 Å². The number of anilines is 1. The molecule has 0 unspecified atom stereocenters. The Labute approximate surface area is 134 Å². The number of amides is 1. The number of rotatable bonds is 4. The number of benzene rings is 2. The summed E-state index contributed by atoms with van der Waals surface area (Å²) in [5, 5.41) is 16.8. The molecule has 3 rings (SSSR count). The lowest BCUT2D eigenvalue weighted by Crippen LogP contribution is -2.14. The molecule has 5 heteroatoms. The first-order chi connectivity index (χ1) is 11.1. The summed E-state index contributed by atoms with van der Waals surface area (Å²) in [6, 6.07) is 14.8. The summed E-state index contributed by atoms with van der Waals surface area (Å²) in [4.78, 5) is 12.1. The number of aromatic nitrogens is 2. The number of aromatic hydroxyl groups is 1. The number of carbonyl (C=O) groups is 1. The van der Waals surface area contributed by atoms with Crippen LogP contribution in [0.1, 0.15) is 11.1 Å². The van der Waals surface area contributed by atoms with Crippen molar-refractivity contribution >= 4 is 11.6 Å². The fraction of sp³-hybridized carbons (Fsp3) is 0.111. The van der Waals surface area contributed by atoms with Crippen LogP contribution in [-0.2, 0) is 11.2 Å². The zero-order chi connectivity index (χ0) is 16.2. The van der Waals surface area contributed by atoms with E-state index in [0.29, 0.717) is 5.69 Å². The minimum absolute atomic E-state index is 0.0679. The molecule has 0 aliphatic rings. The molecule has 0 aliphatic heterocycles. The van der Waals surface area contributed by atoms with Crippen molar-refractivity contribution in [3.63, 3.8) is 0 Å². The largest absolute Gasteiger partial charge is 0.506 e. The highest BCUT2D eigenvalue weighted by Crippen LogP contribution is 2.24. The molecule has 0 radical (unpaired) electrons. The molecule has 1 amide bonds. The Kier molecular flexibility index (Phi) is 4.10. The molecule has 0 spiro atoms. The summed E-state index contributed by atoms with van der Waals surface area (Å²) in [5.41, 5.74) is 3.09. The maximum absolute atomic E-state index is 12.1. The average molecular weight is 307 g/mol. The van der Waals surface area contributed by atoms with Crippen LogP contribution >= 0.6 is 0 Å². The van der Waals surface area contributed by atoms with E-state index < -0.39 is 0 Å². The van der Waals surface area contributed by atoms with Crippen LogP contribution in [0.15, 0.2) is 60.9 Å². The molecule has 0 atom stereocenters. The second-order valence-corrected chi connectivity index (χ2v) is 5.37. The number of phenolic OH excluding ortho intramolecular Hbond substituents is 1. The smallest absolute Gasteiger partial charge is 0.229 e. The first kappa shape index (κ1) is 14.8. The van der Waals surface area contributed by atoms with E-state index in [2.05, 4.69) is 10.4 Å². The zero-order valence-corrected chi connectivity index (χ0v) is 12.7. The standard InChI is InChI=1S/C18H17N3O2/c1-13-7-8-16(17(22)9-13)20-18(23)10-14-11-19-21(12-14)15-5-3-2-4-6-15/h2-9,11-12,22H,10H2,1H3,(H,20,23). The van der Waals surface area contributed by atoms with E-state index in [1.807, 2.05) is 49.5 Å². The summed E-state index contributed by atoms with van der Waals surface area (Å²) in [6.45, 7) is 1.88. The number of carbonyl (C=O) groups excluding carboxylic acids is 1. The van der Waals surface area contributed by atoms with E-state index in [1.54, 1.807) is 23.0 Å². The SMILES string of the molecule is Cc1ccc(NC(=O)Cc2cnn(-c3ccccc3)c2)c(O)c1. The topological polar surface area (TPSA) is 67.2 Å². The number of nitrogens with zero attached hydrogens (tertiary/aromatic N) is 2. The molecule has 1 aromatic heterocycles. The Morgan fingerprint density at radius 2 is 2.00 bits per heavy atom.